The summed E-state index contributed by atoms with van der Waals surface area (Å²) in [5, 5.41) is 17.7. The fraction of sp³-hybridized carbons (Fsp3) is 0.579. The van der Waals surface area contributed by atoms with Crippen LogP contribution in [0.3, 0.4) is 0 Å². The van der Waals surface area contributed by atoms with E-state index in [1.165, 1.54) is 0 Å². The highest BCUT2D eigenvalue weighted by Gasteiger charge is 2.34. The van der Waals surface area contributed by atoms with Crippen molar-refractivity contribution >= 4 is 5.91 Å². The van der Waals surface area contributed by atoms with Crippen LogP contribution in [0.25, 0.3) is 0 Å². The molecule has 0 spiro atoms. The van der Waals surface area contributed by atoms with Gasteiger partial charge in [-0.1, -0.05) is 20.8 Å². The number of likely N-dealkylation sites (tertiary alicyclic amines) is 1. The number of hydrogen-bond donors (Lipinski definition) is 3. The average molecular weight is 360 g/mol. The van der Waals surface area contributed by atoms with E-state index in [0.717, 1.165) is 35.7 Å². The van der Waals surface area contributed by atoms with E-state index in [2.05, 4.69) is 15.1 Å². The Kier molecular flexibility index (Phi) is 4.94. The van der Waals surface area contributed by atoms with Crippen molar-refractivity contribution in [3.8, 4) is 0 Å². The number of aliphatic hydroxyl groups excluding tert-OH is 1. The van der Waals surface area contributed by atoms with E-state index in [4.69, 9.17) is 10.2 Å². The number of carbonyl (C=O) groups excluding carboxylic acids is 1. The van der Waals surface area contributed by atoms with Gasteiger partial charge in [0.2, 0.25) is 0 Å². The molecule has 0 aromatic carbocycles. The Bertz CT molecular complexity index is 787. The highest BCUT2D eigenvalue weighted by atomic mass is 16.4. The number of primary amides is 1. The maximum Gasteiger partial charge on any atom is 0.284 e. The van der Waals surface area contributed by atoms with Gasteiger partial charge in [0, 0.05) is 42.2 Å². The molecule has 7 nitrogen and oxygen atoms in total. The van der Waals surface area contributed by atoms with Crippen LogP contribution in [0.5, 0.6) is 0 Å². The van der Waals surface area contributed by atoms with Gasteiger partial charge in [-0.3, -0.25) is 14.8 Å². The van der Waals surface area contributed by atoms with Crippen LogP contribution in [-0.4, -0.2) is 45.3 Å². The Morgan fingerprint density at radius 2 is 2.15 bits per heavy atom. The summed E-state index contributed by atoms with van der Waals surface area (Å²) in [6.45, 7) is 10.1. The molecule has 2 aromatic rings. The normalized spacial score (nSPS) is 21.4. The lowest BCUT2D eigenvalue weighted by Gasteiger charge is -2.20. The first-order valence-electron chi connectivity index (χ1n) is 8.98. The summed E-state index contributed by atoms with van der Waals surface area (Å²) in [5.41, 5.74) is 8.11. The van der Waals surface area contributed by atoms with Crippen molar-refractivity contribution in [2.75, 3.05) is 13.1 Å². The van der Waals surface area contributed by atoms with Gasteiger partial charge < -0.3 is 15.3 Å². The molecule has 1 amide bonds. The molecule has 1 aliphatic rings. The van der Waals surface area contributed by atoms with E-state index < -0.39 is 12.0 Å². The van der Waals surface area contributed by atoms with Gasteiger partial charge in [-0.25, -0.2) is 0 Å². The number of nitrogens with one attached hydrogen (secondary N) is 1. The molecule has 1 aliphatic heterocycles. The second-order valence-corrected chi connectivity index (χ2v) is 8.35. The summed E-state index contributed by atoms with van der Waals surface area (Å²) in [6, 6.07) is 3.75. The van der Waals surface area contributed by atoms with Crippen molar-refractivity contribution in [3.63, 3.8) is 0 Å². The molecule has 142 valence electrons. The molecule has 0 bridgehead atoms. The maximum absolute atomic E-state index is 11.5. The van der Waals surface area contributed by atoms with E-state index in [1.54, 1.807) is 6.07 Å². The molecule has 3 rings (SSSR count). The van der Waals surface area contributed by atoms with Gasteiger partial charge in [0.1, 0.15) is 5.76 Å². The molecule has 4 N–H and O–H groups in total. The summed E-state index contributed by atoms with van der Waals surface area (Å²) in [4.78, 5) is 13.7. The van der Waals surface area contributed by atoms with Crippen molar-refractivity contribution in [2.24, 2.45) is 11.7 Å². The van der Waals surface area contributed by atoms with Crippen LogP contribution in [-0.2, 0) is 18.4 Å². The van der Waals surface area contributed by atoms with Gasteiger partial charge >= 0.3 is 0 Å². The maximum atomic E-state index is 11.5. The number of aryl methyl sites for hydroxylation is 1. The first kappa shape index (κ1) is 18.7. The zero-order valence-corrected chi connectivity index (χ0v) is 15.9. The number of rotatable bonds is 5. The van der Waals surface area contributed by atoms with E-state index in [0.29, 0.717) is 13.1 Å². The molecule has 26 heavy (non-hydrogen) atoms. The van der Waals surface area contributed by atoms with Crippen LogP contribution in [0.4, 0.5) is 0 Å². The van der Waals surface area contributed by atoms with E-state index in [9.17, 15) is 9.90 Å². The number of aromatic amines is 1. The molecular weight excluding hydrogens is 332 g/mol. The highest BCUT2D eigenvalue weighted by Crippen LogP contribution is 2.31. The van der Waals surface area contributed by atoms with E-state index >= 15 is 0 Å². The number of nitrogens with zero attached hydrogens (tertiary/aromatic N) is 2. The molecule has 0 saturated carbocycles. The summed E-state index contributed by atoms with van der Waals surface area (Å²) in [5.74, 6) is 0.536. The topological polar surface area (TPSA) is 108 Å². The second-order valence-electron chi connectivity index (χ2n) is 8.35. The SMILES string of the molecule is Cc1cc(C[C@@H]2CN(Cc3cc(C(N)=O)oc3C(C)(C)C)C[C@H]2O)n[nH]1. The highest BCUT2D eigenvalue weighted by molar-refractivity contribution is 5.90. The van der Waals surface area contributed by atoms with Crippen LogP contribution < -0.4 is 5.73 Å². The lowest BCUT2D eigenvalue weighted by atomic mass is 9.90. The number of carbonyl (C=O) groups is 1. The van der Waals surface area contributed by atoms with Crippen molar-refractivity contribution in [1.29, 1.82) is 0 Å². The fourth-order valence-corrected chi connectivity index (χ4v) is 3.66. The Hall–Kier alpha value is -2.12. The lowest BCUT2D eigenvalue weighted by Crippen LogP contribution is -2.23. The van der Waals surface area contributed by atoms with Crippen LogP contribution >= 0.6 is 0 Å². The van der Waals surface area contributed by atoms with Gasteiger partial charge in [-0.05, 0) is 25.5 Å². The van der Waals surface area contributed by atoms with Crippen LogP contribution in [0.2, 0.25) is 0 Å². The lowest BCUT2D eigenvalue weighted by molar-refractivity contribution is 0.0970. The summed E-state index contributed by atoms with van der Waals surface area (Å²) in [7, 11) is 0. The Morgan fingerprint density at radius 3 is 2.73 bits per heavy atom. The van der Waals surface area contributed by atoms with Gasteiger partial charge in [0.15, 0.2) is 5.76 Å². The van der Waals surface area contributed by atoms with Crippen molar-refractivity contribution in [3.05, 3.63) is 40.6 Å². The molecule has 7 heteroatoms. The summed E-state index contributed by atoms with van der Waals surface area (Å²) in [6.07, 6.45) is 0.346. The van der Waals surface area contributed by atoms with Crippen molar-refractivity contribution in [1.82, 2.24) is 15.1 Å². The zero-order valence-electron chi connectivity index (χ0n) is 15.9. The molecule has 2 atom stereocenters. The van der Waals surface area contributed by atoms with Gasteiger partial charge in [-0.15, -0.1) is 0 Å². The van der Waals surface area contributed by atoms with Gasteiger partial charge in [-0.2, -0.15) is 5.10 Å². The minimum absolute atomic E-state index is 0.137. The smallest absolute Gasteiger partial charge is 0.284 e. The second kappa shape index (κ2) is 6.89. The molecule has 3 heterocycles. The number of aromatic nitrogens is 2. The van der Waals surface area contributed by atoms with Crippen molar-refractivity contribution < 1.29 is 14.3 Å². The Labute approximate surface area is 153 Å². The number of β-amino-alcohol motifs (C(OH)–C–C–N with tert-alkyl or cyclic N) is 1. The molecule has 0 radical (unpaired) electrons. The van der Waals surface area contributed by atoms with Crippen LogP contribution in [0.15, 0.2) is 16.5 Å². The quantitative estimate of drug-likeness (QED) is 0.753. The summed E-state index contributed by atoms with van der Waals surface area (Å²) >= 11 is 0. The Morgan fingerprint density at radius 1 is 1.42 bits per heavy atom. The predicted molar refractivity (Wildman–Crippen MR) is 97.7 cm³/mol. The molecule has 0 aliphatic carbocycles. The van der Waals surface area contributed by atoms with Crippen LogP contribution in [0, 0.1) is 12.8 Å². The number of nitrogens with two attached hydrogens (primary N) is 1. The number of furan rings is 1. The molecular formula is C19H28N4O3. The third-order valence-electron chi connectivity index (χ3n) is 4.84. The predicted octanol–water partition coefficient (Wildman–Crippen LogP) is 1.74. The summed E-state index contributed by atoms with van der Waals surface area (Å²) < 4.78 is 5.73. The number of amides is 1. The monoisotopic (exact) mass is 360 g/mol. The first-order chi connectivity index (χ1) is 12.1. The van der Waals surface area contributed by atoms with Gasteiger partial charge in [0.05, 0.1) is 11.8 Å². The van der Waals surface area contributed by atoms with Gasteiger partial charge in [0.25, 0.3) is 5.91 Å². The largest absolute Gasteiger partial charge is 0.455 e. The number of hydrogen-bond acceptors (Lipinski definition) is 5. The Balaban J connectivity index is 1.72. The first-order valence-corrected chi connectivity index (χ1v) is 8.98. The average Bonchev–Trinajstić information content (AvgIpc) is 3.20. The standard InChI is InChI=1S/C19H28N4O3/c1-11-5-14(22-21-11)6-12-8-23(10-15(12)24)9-13-7-16(18(20)25)26-17(13)19(2,3)4/h5,7,12,15,24H,6,8-10H2,1-4H3,(H2,20,25)(H,21,22)/t12-,15-/m1/s1. The number of H-pyrrole nitrogens is 1. The fourth-order valence-electron chi connectivity index (χ4n) is 3.66. The third-order valence-corrected chi connectivity index (χ3v) is 4.84. The minimum atomic E-state index is -0.560. The molecule has 2 aromatic heterocycles. The van der Waals surface area contributed by atoms with Crippen LogP contribution in [0.1, 0.15) is 54.0 Å². The van der Waals surface area contributed by atoms with Crippen molar-refractivity contribution in [2.45, 2.75) is 52.2 Å². The minimum Gasteiger partial charge on any atom is -0.455 e. The third kappa shape index (κ3) is 3.99. The number of aliphatic hydroxyl groups is 1. The molecule has 1 saturated heterocycles. The van der Waals surface area contributed by atoms with E-state index in [-0.39, 0.29) is 17.1 Å². The molecule has 0 unspecified atom stereocenters. The van der Waals surface area contributed by atoms with E-state index in [1.807, 2.05) is 33.8 Å². The zero-order chi connectivity index (χ0) is 19.1. The molecule has 1 fully saturated rings.